The Balaban J connectivity index is 1.40. The van der Waals surface area contributed by atoms with Gasteiger partial charge in [0.15, 0.2) is 0 Å². The minimum absolute atomic E-state index is 0.0535. The van der Waals surface area contributed by atoms with Gasteiger partial charge < -0.3 is 15.0 Å². The molecule has 2 heterocycles. The summed E-state index contributed by atoms with van der Waals surface area (Å²) in [4.78, 5) is 26.7. The predicted molar refractivity (Wildman–Crippen MR) is 115 cm³/mol. The van der Waals surface area contributed by atoms with E-state index >= 15 is 0 Å². The highest BCUT2D eigenvalue weighted by Gasteiger charge is 2.32. The number of carbonyl (C=O) groups is 2. The van der Waals surface area contributed by atoms with Gasteiger partial charge in [0.05, 0.1) is 11.9 Å². The van der Waals surface area contributed by atoms with Crippen molar-refractivity contribution in [3.63, 3.8) is 0 Å². The molecule has 0 spiro atoms. The van der Waals surface area contributed by atoms with E-state index in [1.54, 1.807) is 11.8 Å². The smallest absolute Gasteiger partial charge is 0.251 e. The second-order valence-corrected chi connectivity index (χ2v) is 8.78. The summed E-state index contributed by atoms with van der Waals surface area (Å²) >= 11 is 7.57. The second kappa shape index (κ2) is 9.20. The molecule has 0 unspecified atom stereocenters. The fourth-order valence-corrected chi connectivity index (χ4v) is 4.91. The van der Waals surface area contributed by atoms with Crippen LogP contribution in [0.3, 0.4) is 0 Å². The topological polar surface area (TPSA) is 58.6 Å². The van der Waals surface area contributed by atoms with Gasteiger partial charge in [-0.05, 0) is 48.2 Å². The Morgan fingerprint density at radius 3 is 2.62 bits per heavy atom. The van der Waals surface area contributed by atoms with Crippen LogP contribution >= 0.6 is 23.4 Å². The van der Waals surface area contributed by atoms with E-state index in [2.05, 4.69) is 5.32 Å². The largest absolute Gasteiger partial charge is 0.376 e. The lowest BCUT2D eigenvalue weighted by Crippen LogP contribution is -2.31. The molecule has 2 amide bonds. The summed E-state index contributed by atoms with van der Waals surface area (Å²) in [5.74, 6) is 0.482. The van der Waals surface area contributed by atoms with Gasteiger partial charge in [-0.1, -0.05) is 35.9 Å². The lowest BCUT2D eigenvalue weighted by Gasteiger charge is -2.24. The lowest BCUT2D eigenvalue weighted by atomic mass is 10.1. The molecular formula is C22H23ClN2O3S. The average Bonchev–Trinajstić information content (AvgIpc) is 3.38. The third-order valence-electron chi connectivity index (χ3n) is 5.21. The van der Waals surface area contributed by atoms with Gasteiger partial charge in [-0.15, -0.1) is 11.8 Å². The van der Waals surface area contributed by atoms with E-state index in [1.165, 1.54) is 0 Å². The van der Waals surface area contributed by atoms with Gasteiger partial charge in [0, 0.05) is 30.3 Å². The van der Waals surface area contributed by atoms with Crippen LogP contribution in [0.25, 0.3) is 0 Å². The Hall–Kier alpha value is -2.02. The highest BCUT2D eigenvalue weighted by Crippen LogP contribution is 2.39. The van der Waals surface area contributed by atoms with Gasteiger partial charge in [0.1, 0.15) is 5.37 Å². The molecule has 152 valence electrons. The monoisotopic (exact) mass is 430 g/mol. The van der Waals surface area contributed by atoms with Crippen molar-refractivity contribution in [2.45, 2.75) is 30.9 Å². The zero-order valence-electron chi connectivity index (χ0n) is 16.0. The van der Waals surface area contributed by atoms with Crippen LogP contribution in [-0.2, 0) is 16.1 Å². The number of rotatable bonds is 6. The van der Waals surface area contributed by atoms with Crippen LogP contribution in [-0.4, -0.2) is 41.7 Å². The number of nitrogens with one attached hydrogen (secondary N) is 1. The number of halogens is 1. The molecule has 2 aromatic rings. The summed E-state index contributed by atoms with van der Waals surface area (Å²) in [5.41, 5.74) is 2.68. The van der Waals surface area contributed by atoms with Crippen molar-refractivity contribution < 1.29 is 14.3 Å². The van der Waals surface area contributed by atoms with Crippen molar-refractivity contribution in [3.8, 4) is 0 Å². The van der Waals surface area contributed by atoms with Crippen LogP contribution in [0, 0.1) is 0 Å². The lowest BCUT2D eigenvalue weighted by molar-refractivity contribution is -0.128. The van der Waals surface area contributed by atoms with Gasteiger partial charge in [-0.25, -0.2) is 0 Å². The maximum absolute atomic E-state index is 12.4. The number of hydrogen-bond acceptors (Lipinski definition) is 4. The third kappa shape index (κ3) is 4.94. The fraction of sp³-hybridized carbons (Fsp3) is 0.364. The van der Waals surface area contributed by atoms with Crippen molar-refractivity contribution >= 4 is 35.2 Å². The first-order valence-electron chi connectivity index (χ1n) is 9.75. The van der Waals surface area contributed by atoms with Crippen molar-refractivity contribution in [1.29, 1.82) is 0 Å². The molecule has 2 aliphatic heterocycles. The van der Waals surface area contributed by atoms with Crippen LogP contribution in [0.15, 0.2) is 48.5 Å². The van der Waals surface area contributed by atoms with Crippen LogP contribution in [0.4, 0.5) is 0 Å². The zero-order chi connectivity index (χ0) is 20.2. The number of ether oxygens (including phenoxy) is 1. The molecule has 29 heavy (non-hydrogen) atoms. The van der Waals surface area contributed by atoms with Crippen molar-refractivity contribution in [3.05, 3.63) is 70.2 Å². The molecule has 1 N–H and O–H groups in total. The maximum Gasteiger partial charge on any atom is 0.251 e. The van der Waals surface area contributed by atoms with Crippen LogP contribution < -0.4 is 5.32 Å². The predicted octanol–water partition coefficient (Wildman–Crippen LogP) is 4.02. The Kier molecular flexibility index (Phi) is 6.43. The Bertz CT molecular complexity index is 867. The number of nitrogens with zero attached hydrogens (tertiary/aromatic N) is 1. The molecule has 4 rings (SSSR count). The fourth-order valence-electron chi connectivity index (χ4n) is 3.60. The van der Waals surface area contributed by atoms with E-state index < -0.39 is 0 Å². The van der Waals surface area contributed by atoms with Crippen LogP contribution in [0.5, 0.6) is 0 Å². The summed E-state index contributed by atoms with van der Waals surface area (Å²) in [6, 6.07) is 15.1. The standard InChI is InChI=1S/C22H23ClN2O3S/c23-18-9-3-15(4-10-18)13-25-20(26)14-29-22(25)17-7-5-16(6-8-17)21(27)24-12-19-2-1-11-28-19/h3-10,19,22H,1-2,11-14H2,(H,24,27)/t19-,22+/m1/s1. The molecular weight excluding hydrogens is 408 g/mol. The molecule has 2 fully saturated rings. The van der Waals surface area contributed by atoms with Crippen molar-refractivity contribution in [2.24, 2.45) is 0 Å². The average molecular weight is 431 g/mol. The quantitative estimate of drug-likeness (QED) is 0.751. The number of carbonyl (C=O) groups excluding carboxylic acids is 2. The number of amides is 2. The van der Waals surface area contributed by atoms with Crippen molar-refractivity contribution in [2.75, 3.05) is 18.9 Å². The molecule has 0 bridgehead atoms. The first-order valence-corrected chi connectivity index (χ1v) is 11.2. The molecule has 2 saturated heterocycles. The van der Waals surface area contributed by atoms with Gasteiger partial charge in [0.25, 0.3) is 5.91 Å². The van der Waals surface area contributed by atoms with Gasteiger partial charge in [-0.2, -0.15) is 0 Å². The van der Waals surface area contributed by atoms with Crippen LogP contribution in [0.1, 0.15) is 39.7 Å². The minimum Gasteiger partial charge on any atom is -0.376 e. The minimum atomic E-state index is -0.0970. The van der Waals surface area contributed by atoms with Gasteiger partial charge in [-0.3, -0.25) is 9.59 Å². The van der Waals surface area contributed by atoms with E-state index in [4.69, 9.17) is 16.3 Å². The van der Waals surface area contributed by atoms with E-state index in [0.717, 1.165) is 30.6 Å². The highest BCUT2D eigenvalue weighted by molar-refractivity contribution is 8.00. The molecule has 0 aromatic heterocycles. The van der Waals surface area contributed by atoms with E-state index in [1.807, 2.05) is 53.4 Å². The summed E-state index contributed by atoms with van der Waals surface area (Å²) < 4.78 is 5.54. The van der Waals surface area contributed by atoms with Gasteiger partial charge in [0.2, 0.25) is 5.91 Å². The number of thioether (sulfide) groups is 1. The third-order valence-corrected chi connectivity index (χ3v) is 6.71. The summed E-state index contributed by atoms with van der Waals surface area (Å²) in [7, 11) is 0. The zero-order valence-corrected chi connectivity index (χ0v) is 17.5. The first kappa shape index (κ1) is 20.3. The normalized spacial score (nSPS) is 21.6. The van der Waals surface area contributed by atoms with E-state index in [9.17, 15) is 9.59 Å². The highest BCUT2D eigenvalue weighted by atomic mass is 35.5. The Morgan fingerprint density at radius 2 is 1.93 bits per heavy atom. The SMILES string of the molecule is O=C(NC[C@H]1CCCO1)c1ccc([C@@H]2SCC(=O)N2Cc2ccc(Cl)cc2)cc1. The molecule has 0 aliphatic carbocycles. The summed E-state index contributed by atoms with van der Waals surface area (Å²) in [6.45, 7) is 1.86. The molecule has 2 aromatic carbocycles. The van der Waals surface area contributed by atoms with Crippen molar-refractivity contribution in [1.82, 2.24) is 10.2 Å². The van der Waals surface area contributed by atoms with Crippen LogP contribution in [0.2, 0.25) is 5.02 Å². The summed E-state index contributed by atoms with van der Waals surface area (Å²) in [6.07, 6.45) is 2.18. The Labute approximate surface area is 179 Å². The van der Waals surface area contributed by atoms with E-state index in [-0.39, 0.29) is 23.3 Å². The number of benzene rings is 2. The number of hydrogen-bond donors (Lipinski definition) is 1. The first-order chi connectivity index (χ1) is 14.1. The summed E-state index contributed by atoms with van der Waals surface area (Å²) in [5, 5.41) is 3.57. The molecule has 0 radical (unpaired) electrons. The molecule has 7 heteroatoms. The van der Waals surface area contributed by atoms with E-state index in [0.29, 0.717) is 29.4 Å². The molecule has 5 nitrogen and oxygen atoms in total. The second-order valence-electron chi connectivity index (χ2n) is 7.28. The Morgan fingerprint density at radius 1 is 1.17 bits per heavy atom. The molecule has 0 saturated carbocycles. The van der Waals surface area contributed by atoms with Gasteiger partial charge >= 0.3 is 0 Å². The maximum atomic E-state index is 12.4. The molecule has 2 aliphatic rings. The molecule has 2 atom stereocenters.